The largest absolute Gasteiger partial charge is 0.301 e. The monoisotopic (exact) mass is 288 g/mol. The molecule has 0 radical (unpaired) electrons. The first-order chi connectivity index (χ1) is 10.3. The van der Waals surface area contributed by atoms with Crippen LogP contribution in [0.25, 0.3) is 0 Å². The van der Waals surface area contributed by atoms with E-state index in [4.69, 9.17) is 0 Å². The van der Waals surface area contributed by atoms with E-state index in [1.165, 1.54) is 58.2 Å². The number of nitriles is 1. The number of hydrogen-bond donors (Lipinski definition) is 1. The van der Waals surface area contributed by atoms with Gasteiger partial charge in [0.15, 0.2) is 0 Å². The summed E-state index contributed by atoms with van der Waals surface area (Å²) in [5.74, 6) is 1.60. The van der Waals surface area contributed by atoms with Crippen molar-refractivity contribution in [1.82, 2.24) is 15.1 Å². The summed E-state index contributed by atoms with van der Waals surface area (Å²) in [7, 11) is 0. The molecule has 0 amide bonds. The molecule has 1 unspecified atom stereocenters. The zero-order valence-electron chi connectivity index (χ0n) is 13.1. The first kappa shape index (κ1) is 14.0. The topological polar surface area (TPSA) is 42.3 Å². The summed E-state index contributed by atoms with van der Waals surface area (Å²) in [5.41, 5.74) is -0.250. The lowest BCUT2D eigenvalue weighted by molar-refractivity contribution is 0.104. The quantitative estimate of drug-likeness (QED) is 0.770. The van der Waals surface area contributed by atoms with Crippen molar-refractivity contribution >= 4 is 0 Å². The fraction of sp³-hybridized carbons (Fsp3) is 0.941. The molecule has 3 aliphatic carbocycles. The third-order valence-corrected chi connectivity index (χ3v) is 5.66. The molecular formula is C17H28N4. The number of nitrogens with one attached hydrogen (secondary N) is 1. The Morgan fingerprint density at radius 3 is 2.14 bits per heavy atom. The van der Waals surface area contributed by atoms with Crippen molar-refractivity contribution in [3.8, 4) is 6.07 Å². The molecule has 0 aromatic heterocycles. The van der Waals surface area contributed by atoms with Crippen LogP contribution >= 0.6 is 0 Å². The van der Waals surface area contributed by atoms with Crippen molar-refractivity contribution in [3.63, 3.8) is 0 Å². The number of nitrogens with zero attached hydrogens (tertiary/aromatic N) is 3. The van der Waals surface area contributed by atoms with Gasteiger partial charge in [-0.3, -0.25) is 10.2 Å². The van der Waals surface area contributed by atoms with Gasteiger partial charge in [0.25, 0.3) is 0 Å². The molecule has 3 saturated carbocycles. The van der Waals surface area contributed by atoms with Crippen LogP contribution in [0.2, 0.25) is 0 Å². The van der Waals surface area contributed by atoms with Crippen molar-refractivity contribution < 1.29 is 0 Å². The summed E-state index contributed by atoms with van der Waals surface area (Å²) in [6, 6.07) is 3.31. The molecule has 0 spiro atoms. The summed E-state index contributed by atoms with van der Waals surface area (Å²) in [6.45, 7) is 6.96. The highest BCUT2D eigenvalue weighted by molar-refractivity contribution is 5.18. The molecule has 1 N–H and O–H groups in total. The van der Waals surface area contributed by atoms with E-state index in [9.17, 15) is 5.26 Å². The Kier molecular flexibility index (Phi) is 3.69. The van der Waals surface area contributed by atoms with Crippen molar-refractivity contribution in [2.24, 2.45) is 11.8 Å². The molecule has 116 valence electrons. The minimum absolute atomic E-state index is 0.250. The second-order valence-corrected chi connectivity index (χ2v) is 7.80. The Morgan fingerprint density at radius 2 is 1.62 bits per heavy atom. The maximum atomic E-state index is 9.82. The summed E-state index contributed by atoms with van der Waals surface area (Å²) >= 11 is 0. The van der Waals surface area contributed by atoms with Gasteiger partial charge in [0.1, 0.15) is 5.54 Å². The minimum Gasteiger partial charge on any atom is -0.301 e. The fourth-order valence-electron chi connectivity index (χ4n) is 3.77. The van der Waals surface area contributed by atoms with E-state index in [0.717, 1.165) is 25.6 Å². The Morgan fingerprint density at radius 1 is 0.952 bits per heavy atom. The molecule has 0 aromatic rings. The highest BCUT2D eigenvalue weighted by atomic mass is 15.3. The van der Waals surface area contributed by atoms with E-state index in [1.807, 2.05) is 0 Å². The zero-order valence-corrected chi connectivity index (χ0v) is 13.1. The smallest absolute Gasteiger partial charge is 0.122 e. The van der Waals surface area contributed by atoms with Gasteiger partial charge in [-0.05, 0) is 50.4 Å². The van der Waals surface area contributed by atoms with Gasteiger partial charge in [-0.15, -0.1) is 0 Å². The highest BCUT2D eigenvalue weighted by Gasteiger charge is 2.49. The number of piperazine rings is 1. The highest BCUT2D eigenvalue weighted by Crippen LogP contribution is 2.42. The Labute approximate surface area is 128 Å². The maximum Gasteiger partial charge on any atom is 0.122 e. The zero-order chi connectivity index (χ0) is 14.3. The van der Waals surface area contributed by atoms with Crippen molar-refractivity contribution in [3.05, 3.63) is 0 Å². The Bertz CT molecular complexity index is 411. The van der Waals surface area contributed by atoms with Crippen LogP contribution in [0.1, 0.15) is 38.5 Å². The van der Waals surface area contributed by atoms with Crippen molar-refractivity contribution in [2.75, 3.05) is 39.3 Å². The van der Waals surface area contributed by atoms with E-state index in [-0.39, 0.29) is 5.54 Å². The molecule has 0 aromatic carbocycles. The molecule has 1 saturated heterocycles. The lowest BCUT2D eigenvalue weighted by Gasteiger charge is -2.39. The average Bonchev–Trinajstić information content (AvgIpc) is 3.35. The molecule has 1 atom stereocenters. The van der Waals surface area contributed by atoms with Crippen LogP contribution in [0.3, 0.4) is 0 Å². The van der Waals surface area contributed by atoms with Crippen LogP contribution in [0.15, 0.2) is 0 Å². The van der Waals surface area contributed by atoms with Crippen LogP contribution in [-0.4, -0.2) is 60.6 Å². The molecule has 21 heavy (non-hydrogen) atoms. The van der Waals surface area contributed by atoms with Crippen LogP contribution < -0.4 is 5.32 Å². The average molecular weight is 288 g/mol. The van der Waals surface area contributed by atoms with E-state index in [2.05, 4.69) is 21.2 Å². The standard InChI is InChI=1S/C17H28N4/c18-12-17(15-3-4-15,19-16-5-6-16)13-21-9-7-20(8-10-21)11-14-1-2-14/h14-16,19H,1-11,13H2. The van der Waals surface area contributed by atoms with Crippen LogP contribution in [0.5, 0.6) is 0 Å². The van der Waals surface area contributed by atoms with E-state index in [1.54, 1.807) is 0 Å². The Hall–Kier alpha value is -0.630. The van der Waals surface area contributed by atoms with Gasteiger partial charge in [-0.1, -0.05) is 0 Å². The minimum atomic E-state index is -0.250. The summed E-state index contributed by atoms with van der Waals surface area (Å²) in [6.07, 6.45) is 7.93. The third kappa shape index (κ3) is 3.41. The lowest BCUT2D eigenvalue weighted by Crippen LogP contribution is -2.58. The first-order valence-corrected chi connectivity index (χ1v) is 8.91. The van der Waals surface area contributed by atoms with Crippen molar-refractivity contribution in [2.45, 2.75) is 50.1 Å². The van der Waals surface area contributed by atoms with Gasteiger partial charge in [0, 0.05) is 45.3 Å². The second kappa shape index (κ2) is 5.53. The SMILES string of the molecule is N#CC(CN1CCN(CC2CC2)CC1)(NC1CC1)C1CC1. The van der Waals surface area contributed by atoms with E-state index >= 15 is 0 Å². The molecule has 1 heterocycles. The van der Waals surface area contributed by atoms with Gasteiger partial charge in [0.05, 0.1) is 6.07 Å². The fourth-order valence-corrected chi connectivity index (χ4v) is 3.77. The molecule has 4 heteroatoms. The van der Waals surface area contributed by atoms with Crippen LogP contribution in [-0.2, 0) is 0 Å². The molecular weight excluding hydrogens is 260 g/mol. The molecule has 4 rings (SSSR count). The van der Waals surface area contributed by atoms with E-state index in [0.29, 0.717) is 12.0 Å². The predicted molar refractivity (Wildman–Crippen MR) is 82.8 cm³/mol. The predicted octanol–water partition coefficient (Wildman–Crippen LogP) is 1.44. The van der Waals surface area contributed by atoms with Gasteiger partial charge < -0.3 is 4.90 Å². The normalized spacial score (nSPS) is 30.8. The summed E-state index contributed by atoms with van der Waals surface area (Å²) in [5, 5.41) is 13.5. The summed E-state index contributed by atoms with van der Waals surface area (Å²) in [4.78, 5) is 5.17. The van der Waals surface area contributed by atoms with Crippen molar-refractivity contribution in [1.29, 1.82) is 5.26 Å². The number of hydrogen-bond acceptors (Lipinski definition) is 4. The van der Waals surface area contributed by atoms with Gasteiger partial charge in [0.2, 0.25) is 0 Å². The van der Waals surface area contributed by atoms with E-state index < -0.39 is 0 Å². The molecule has 4 nitrogen and oxygen atoms in total. The van der Waals surface area contributed by atoms with Crippen LogP contribution in [0.4, 0.5) is 0 Å². The lowest BCUT2D eigenvalue weighted by atomic mass is 9.93. The number of rotatable bonds is 7. The van der Waals surface area contributed by atoms with Crippen LogP contribution in [0, 0.1) is 23.2 Å². The van der Waals surface area contributed by atoms with Gasteiger partial charge in [-0.25, -0.2) is 0 Å². The third-order valence-electron chi connectivity index (χ3n) is 5.66. The maximum absolute atomic E-state index is 9.82. The second-order valence-electron chi connectivity index (χ2n) is 7.80. The molecule has 1 aliphatic heterocycles. The molecule has 4 fully saturated rings. The molecule has 4 aliphatic rings. The van der Waals surface area contributed by atoms with Gasteiger partial charge >= 0.3 is 0 Å². The molecule has 0 bridgehead atoms. The summed E-state index contributed by atoms with van der Waals surface area (Å²) < 4.78 is 0. The first-order valence-electron chi connectivity index (χ1n) is 8.91. The Balaban J connectivity index is 1.31. The van der Waals surface area contributed by atoms with Gasteiger partial charge in [-0.2, -0.15) is 5.26 Å².